The van der Waals surface area contributed by atoms with Gasteiger partial charge in [-0.05, 0) is 29.5 Å². The van der Waals surface area contributed by atoms with E-state index < -0.39 is 0 Å². The molecule has 3 rings (SSSR count). The van der Waals surface area contributed by atoms with Gasteiger partial charge >= 0.3 is 0 Å². The van der Waals surface area contributed by atoms with Gasteiger partial charge in [-0.1, -0.05) is 31.2 Å². The summed E-state index contributed by atoms with van der Waals surface area (Å²) in [5.74, 6) is 1.88. The van der Waals surface area contributed by atoms with Gasteiger partial charge in [0.05, 0.1) is 0 Å². The van der Waals surface area contributed by atoms with Crippen molar-refractivity contribution < 1.29 is 0 Å². The van der Waals surface area contributed by atoms with Crippen LogP contribution in [0.1, 0.15) is 35.7 Å². The minimum Gasteiger partial charge on any atom is -0.309 e. The molecular formula is C16H19NS2. The minimum atomic E-state index is 0.512. The summed E-state index contributed by atoms with van der Waals surface area (Å²) in [7, 11) is 0. The number of benzene rings is 1. The molecule has 0 saturated heterocycles. The van der Waals surface area contributed by atoms with Gasteiger partial charge in [-0.25, -0.2) is 0 Å². The molecule has 1 nitrogen and oxygen atoms in total. The Balaban J connectivity index is 1.64. The van der Waals surface area contributed by atoms with Crippen LogP contribution in [0.25, 0.3) is 0 Å². The fourth-order valence-corrected chi connectivity index (χ4v) is 4.76. The molecule has 19 heavy (non-hydrogen) atoms. The summed E-state index contributed by atoms with van der Waals surface area (Å²) in [6.07, 6.45) is 1.15. The van der Waals surface area contributed by atoms with E-state index in [0.717, 1.165) is 13.0 Å². The molecule has 0 radical (unpaired) electrons. The van der Waals surface area contributed by atoms with Gasteiger partial charge in [0.25, 0.3) is 0 Å². The molecule has 2 atom stereocenters. The molecule has 1 aliphatic rings. The van der Waals surface area contributed by atoms with E-state index >= 15 is 0 Å². The molecule has 0 bridgehead atoms. The summed E-state index contributed by atoms with van der Waals surface area (Å²) in [6.45, 7) is 3.34. The van der Waals surface area contributed by atoms with Crippen molar-refractivity contribution in [1.82, 2.24) is 5.32 Å². The van der Waals surface area contributed by atoms with Crippen LogP contribution in [0.5, 0.6) is 0 Å². The van der Waals surface area contributed by atoms with Gasteiger partial charge < -0.3 is 5.32 Å². The molecular weight excluding hydrogens is 270 g/mol. The zero-order chi connectivity index (χ0) is 13.1. The summed E-state index contributed by atoms with van der Waals surface area (Å²) in [6, 6.07) is 13.7. The number of hydrogen-bond donors (Lipinski definition) is 1. The Kier molecular flexibility index (Phi) is 4.26. The molecule has 2 heterocycles. The molecule has 0 amide bonds. The first-order valence-corrected chi connectivity index (χ1v) is 8.73. The molecule has 1 aromatic carbocycles. The van der Waals surface area contributed by atoms with Crippen LogP contribution in [0, 0.1) is 0 Å². The van der Waals surface area contributed by atoms with Gasteiger partial charge in [-0.3, -0.25) is 0 Å². The Morgan fingerprint density at radius 3 is 2.95 bits per heavy atom. The topological polar surface area (TPSA) is 12.0 Å². The highest BCUT2D eigenvalue weighted by Crippen LogP contribution is 2.39. The van der Waals surface area contributed by atoms with Crippen molar-refractivity contribution in [2.75, 3.05) is 12.3 Å². The zero-order valence-electron chi connectivity index (χ0n) is 11.1. The van der Waals surface area contributed by atoms with Crippen LogP contribution in [0.15, 0.2) is 46.7 Å². The Morgan fingerprint density at radius 2 is 2.16 bits per heavy atom. The fourth-order valence-electron chi connectivity index (χ4n) is 2.62. The van der Waals surface area contributed by atoms with Crippen molar-refractivity contribution in [3.05, 3.63) is 52.2 Å². The molecule has 100 valence electrons. The van der Waals surface area contributed by atoms with Crippen molar-refractivity contribution in [1.29, 1.82) is 0 Å². The molecule has 1 N–H and O–H groups in total. The second-order valence-corrected chi connectivity index (χ2v) is 6.97. The third-order valence-corrected chi connectivity index (χ3v) is 5.94. The van der Waals surface area contributed by atoms with Gasteiger partial charge in [0.2, 0.25) is 0 Å². The van der Waals surface area contributed by atoms with Crippen LogP contribution in [0.2, 0.25) is 0 Å². The maximum absolute atomic E-state index is 3.75. The van der Waals surface area contributed by atoms with Crippen molar-refractivity contribution in [3.8, 4) is 0 Å². The third kappa shape index (κ3) is 2.88. The van der Waals surface area contributed by atoms with Crippen molar-refractivity contribution in [2.45, 2.75) is 30.2 Å². The minimum absolute atomic E-state index is 0.512. The lowest BCUT2D eigenvalue weighted by molar-refractivity contribution is 0.504. The van der Waals surface area contributed by atoms with Gasteiger partial charge in [-0.2, -0.15) is 0 Å². The highest BCUT2D eigenvalue weighted by molar-refractivity contribution is 7.99. The average Bonchev–Trinajstić information content (AvgIpc) is 3.09. The van der Waals surface area contributed by atoms with E-state index in [0.29, 0.717) is 12.0 Å². The number of nitrogens with one attached hydrogen (secondary N) is 1. The largest absolute Gasteiger partial charge is 0.309 e. The number of hydrogen-bond acceptors (Lipinski definition) is 3. The SMILES string of the molecule is CCC(NCC1CSc2ccccc21)c1cccs1. The molecule has 0 saturated carbocycles. The highest BCUT2D eigenvalue weighted by atomic mass is 32.2. The Labute approximate surface area is 123 Å². The summed E-state index contributed by atoms with van der Waals surface area (Å²) >= 11 is 3.85. The maximum Gasteiger partial charge on any atom is 0.0412 e. The molecule has 1 aromatic heterocycles. The Bertz CT molecular complexity index is 521. The third-order valence-electron chi connectivity index (χ3n) is 3.70. The van der Waals surface area contributed by atoms with Crippen LogP contribution in [-0.4, -0.2) is 12.3 Å². The number of thioether (sulfide) groups is 1. The van der Waals surface area contributed by atoms with E-state index in [-0.39, 0.29) is 0 Å². The summed E-state index contributed by atoms with van der Waals surface area (Å²) < 4.78 is 0. The van der Waals surface area contributed by atoms with E-state index in [1.54, 1.807) is 0 Å². The van der Waals surface area contributed by atoms with Crippen molar-refractivity contribution in [2.24, 2.45) is 0 Å². The van der Waals surface area contributed by atoms with Crippen LogP contribution < -0.4 is 5.32 Å². The quantitative estimate of drug-likeness (QED) is 0.858. The van der Waals surface area contributed by atoms with Gasteiger partial charge in [0, 0.05) is 34.0 Å². The second-order valence-electron chi connectivity index (χ2n) is 4.93. The van der Waals surface area contributed by atoms with Gasteiger partial charge in [0.15, 0.2) is 0 Å². The molecule has 0 fully saturated rings. The summed E-state index contributed by atoms with van der Waals surface area (Å²) in [5, 5.41) is 5.92. The first-order valence-electron chi connectivity index (χ1n) is 6.87. The van der Waals surface area contributed by atoms with E-state index in [1.165, 1.54) is 21.1 Å². The van der Waals surface area contributed by atoms with Crippen LogP contribution in [0.3, 0.4) is 0 Å². The Morgan fingerprint density at radius 1 is 1.26 bits per heavy atom. The van der Waals surface area contributed by atoms with Crippen molar-refractivity contribution >= 4 is 23.1 Å². The second kappa shape index (κ2) is 6.12. The van der Waals surface area contributed by atoms with Crippen LogP contribution in [0.4, 0.5) is 0 Å². The van der Waals surface area contributed by atoms with Crippen LogP contribution >= 0.6 is 23.1 Å². The lowest BCUT2D eigenvalue weighted by Gasteiger charge is -2.19. The molecule has 0 spiro atoms. The Hall–Kier alpha value is -0.770. The number of fused-ring (bicyclic) bond motifs is 1. The molecule has 3 heteroatoms. The van der Waals surface area contributed by atoms with Crippen LogP contribution in [-0.2, 0) is 0 Å². The van der Waals surface area contributed by atoms with E-state index in [9.17, 15) is 0 Å². The molecule has 0 aliphatic carbocycles. The normalized spacial score (nSPS) is 19.3. The summed E-state index contributed by atoms with van der Waals surface area (Å²) in [4.78, 5) is 2.93. The molecule has 1 aliphatic heterocycles. The smallest absolute Gasteiger partial charge is 0.0412 e. The zero-order valence-corrected chi connectivity index (χ0v) is 12.8. The van der Waals surface area contributed by atoms with Crippen molar-refractivity contribution in [3.63, 3.8) is 0 Å². The maximum atomic E-state index is 3.75. The van der Waals surface area contributed by atoms with Gasteiger partial charge in [0.1, 0.15) is 0 Å². The molecule has 2 aromatic rings. The van der Waals surface area contributed by atoms with E-state index in [2.05, 4.69) is 54.0 Å². The predicted octanol–water partition coefficient (Wildman–Crippen LogP) is 4.68. The average molecular weight is 289 g/mol. The monoisotopic (exact) mass is 289 g/mol. The predicted molar refractivity (Wildman–Crippen MR) is 85.3 cm³/mol. The van der Waals surface area contributed by atoms with E-state index in [4.69, 9.17) is 0 Å². The first-order chi connectivity index (χ1) is 9.38. The first kappa shape index (κ1) is 13.2. The standard InChI is InChI=1S/C16H19NS2/c1-2-14(16-8-5-9-18-16)17-10-12-11-19-15-7-4-3-6-13(12)15/h3-9,12,14,17H,2,10-11H2,1H3. The lowest BCUT2D eigenvalue weighted by atomic mass is 10.0. The molecule has 2 unspecified atom stereocenters. The summed E-state index contributed by atoms with van der Waals surface area (Å²) in [5.41, 5.74) is 1.53. The number of rotatable bonds is 5. The van der Waals surface area contributed by atoms with E-state index in [1.807, 2.05) is 23.1 Å². The highest BCUT2D eigenvalue weighted by Gasteiger charge is 2.23. The number of thiophene rings is 1. The van der Waals surface area contributed by atoms with Gasteiger partial charge in [-0.15, -0.1) is 23.1 Å². The fraction of sp³-hybridized carbons (Fsp3) is 0.375. The lowest BCUT2D eigenvalue weighted by Crippen LogP contribution is -2.25.